The molecule has 3 heterocycles. The molecule has 0 amide bonds. The minimum atomic E-state index is -0.0240. The number of aliphatic imine (C=N–C) groups is 1. The number of likely N-dealkylation sites (tertiary alicyclic amines) is 1. The van der Waals surface area contributed by atoms with Crippen LogP contribution in [0.25, 0.3) is 0 Å². The van der Waals surface area contributed by atoms with Crippen LogP contribution in [0.15, 0.2) is 21.9 Å². The van der Waals surface area contributed by atoms with Crippen LogP contribution in [0.2, 0.25) is 0 Å². The summed E-state index contributed by atoms with van der Waals surface area (Å²) in [7, 11) is 2.15. The summed E-state index contributed by atoms with van der Waals surface area (Å²) < 4.78 is 1.89. The van der Waals surface area contributed by atoms with E-state index >= 15 is 0 Å². The van der Waals surface area contributed by atoms with Crippen LogP contribution < -0.4 is 5.56 Å². The largest absolute Gasteiger partial charge is 0.310 e. The maximum absolute atomic E-state index is 12.3. The van der Waals surface area contributed by atoms with Gasteiger partial charge in [-0.05, 0) is 43.7 Å². The molecule has 0 unspecified atom stereocenters. The Hall–Kier alpha value is -1.29. The average Bonchev–Trinajstić information content (AvgIpc) is 2.33. The monoisotopic (exact) mass is 261 g/mol. The van der Waals surface area contributed by atoms with E-state index in [-0.39, 0.29) is 5.56 Å². The Labute approximate surface area is 111 Å². The normalized spacial score (nSPS) is 26.3. The quantitative estimate of drug-likeness (QED) is 0.569. The van der Waals surface area contributed by atoms with E-state index in [9.17, 15) is 4.79 Å². The summed E-state index contributed by atoms with van der Waals surface area (Å²) in [6.45, 7) is 2.91. The molecule has 2 atom stereocenters. The van der Waals surface area contributed by atoms with E-state index in [0.717, 1.165) is 25.3 Å². The highest BCUT2D eigenvalue weighted by molar-refractivity contribution is 7.78. The Bertz CT molecular complexity index is 588. The first kappa shape index (κ1) is 11.8. The van der Waals surface area contributed by atoms with Gasteiger partial charge in [0.05, 0.1) is 5.16 Å². The Morgan fingerprint density at radius 1 is 1.39 bits per heavy atom. The van der Waals surface area contributed by atoms with Gasteiger partial charge in [-0.1, -0.05) is 0 Å². The first-order valence-electron chi connectivity index (χ1n) is 6.19. The predicted molar refractivity (Wildman–Crippen MR) is 73.7 cm³/mol. The lowest BCUT2D eigenvalue weighted by Gasteiger charge is -2.41. The van der Waals surface area contributed by atoms with Crippen molar-refractivity contribution in [2.45, 2.75) is 18.9 Å². The highest BCUT2D eigenvalue weighted by atomic mass is 32.1. The number of hydrogen-bond acceptors (Lipinski definition) is 4. The van der Waals surface area contributed by atoms with Crippen molar-refractivity contribution in [3.63, 3.8) is 0 Å². The SMILES string of the molecule is CN1C[C@@H]2C[C@H](C1)c1ccc(N=C=S)c(=O)n1C2. The van der Waals surface area contributed by atoms with Crippen molar-refractivity contribution in [3.05, 3.63) is 28.2 Å². The Kier molecular flexibility index (Phi) is 2.90. The lowest BCUT2D eigenvalue weighted by Crippen LogP contribution is -2.45. The van der Waals surface area contributed by atoms with E-state index in [2.05, 4.69) is 34.3 Å². The van der Waals surface area contributed by atoms with E-state index in [1.807, 2.05) is 10.6 Å². The molecule has 3 rings (SSSR count). The third-order valence-corrected chi connectivity index (χ3v) is 4.02. The molecule has 4 nitrogen and oxygen atoms in total. The molecule has 1 fully saturated rings. The van der Waals surface area contributed by atoms with Crippen LogP contribution in [0, 0.1) is 5.92 Å². The van der Waals surface area contributed by atoms with Gasteiger partial charge in [-0.2, -0.15) is 4.99 Å². The first-order valence-corrected chi connectivity index (χ1v) is 6.60. The van der Waals surface area contributed by atoms with E-state index in [4.69, 9.17) is 0 Å². The van der Waals surface area contributed by atoms with Gasteiger partial charge in [-0.15, -0.1) is 0 Å². The second-order valence-corrected chi connectivity index (χ2v) is 5.46. The lowest BCUT2D eigenvalue weighted by molar-refractivity contribution is 0.145. The zero-order valence-electron chi connectivity index (χ0n) is 10.3. The van der Waals surface area contributed by atoms with Gasteiger partial charge in [0.1, 0.15) is 5.69 Å². The van der Waals surface area contributed by atoms with Gasteiger partial charge in [-0.3, -0.25) is 4.79 Å². The summed E-state index contributed by atoms with van der Waals surface area (Å²) in [4.78, 5) is 18.5. The van der Waals surface area contributed by atoms with Crippen LogP contribution in [0.4, 0.5) is 5.69 Å². The molecule has 1 aromatic heterocycles. The summed E-state index contributed by atoms with van der Waals surface area (Å²) in [5.74, 6) is 1.05. The Morgan fingerprint density at radius 2 is 2.22 bits per heavy atom. The molecule has 18 heavy (non-hydrogen) atoms. The number of isothiocyanates is 1. The fourth-order valence-corrected chi connectivity index (χ4v) is 3.41. The molecule has 2 bridgehead atoms. The molecule has 0 aliphatic carbocycles. The molecule has 0 saturated carbocycles. The number of nitrogens with zero attached hydrogens (tertiary/aromatic N) is 3. The third kappa shape index (κ3) is 1.85. The number of aromatic nitrogens is 1. The number of thiocarbonyl (C=S) groups is 1. The Morgan fingerprint density at radius 3 is 3.00 bits per heavy atom. The molecule has 0 N–H and O–H groups in total. The number of rotatable bonds is 1. The topological polar surface area (TPSA) is 37.6 Å². The molecule has 2 aliphatic rings. The average molecular weight is 261 g/mol. The van der Waals surface area contributed by atoms with E-state index < -0.39 is 0 Å². The zero-order valence-corrected chi connectivity index (χ0v) is 11.1. The van der Waals surface area contributed by atoms with Crippen LogP contribution in [0.1, 0.15) is 18.0 Å². The van der Waals surface area contributed by atoms with Crippen LogP contribution in [-0.2, 0) is 6.54 Å². The van der Waals surface area contributed by atoms with Gasteiger partial charge in [0.15, 0.2) is 0 Å². The molecule has 0 radical (unpaired) electrons. The lowest BCUT2D eigenvalue weighted by atomic mass is 9.83. The van der Waals surface area contributed by atoms with Crippen LogP contribution in [0.5, 0.6) is 0 Å². The van der Waals surface area contributed by atoms with Crippen molar-refractivity contribution in [1.82, 2.24) is 9.47 Å². The summed E-state index contributed by atoms with van der Waals surface area (Å²) >= 11 is 4.57. The highest BCUT2D eigenvalue weighted by Crippen LogP contribution is 2.34. The fourth-order valence-electron chi connectivity index (χ4n) is 3.31. The smallest absolute Gasteiger partial charge is 0.277 e. The maximum Gasteiger partial charge on any atom is 0.277 e. The molecule has 94 valence electrons. The molecule has 0 spiro atoms. The minimum Gasteiger partial charge on any atom is -0.310 e. The van der Waals surface area contributed by atoms with Gasteiger partial charge >= 0.3 is 0 Å². The highest BCUT2D eigenvalue weighted by Gasteiger charge is 2.33. The van der Waals surface area contributed by atoms with E-state index in [1.165, 1.54) is 6.42 Å². The molecule has 2 aliphatic heterocycles. The van der Waals surface area contributed by atoms with Crippen molar-refractivity contribution < 1.29 is 0 Å². The first-order chi connectivity index (χ1) is 8.69. The van der Waals surface area contributed by atoms with Crippen molar-refractivity contribution in [2.24, 2.45) is 10.9 Å². The number of fused-ring (bicyclic) bond motifs is 4. The van der Waals surface area contributed by atoms with E-state index in [0.29, 0.717) is 17.5 Å². The maximum atomic E-state index is 12.3. The molecule has 5 heteroatoms. The molecule has 0 aromatic carbocycles. The Balaban J connectivity index is 2.11. The van der Waals surface area contributed by atoms with Crippen molar-refractivity contribution in [3.8, 4) is 0 Å². The van der Waals surface area contributed by atoms with Gasteiger partial charge in [-0.25, -0.2) is 0 Å². The van der Waals surface area contributed by atoms with Gasteiger partial charge in [0.25, 0.3) is 5.56 Å². The zero-order chi connectivity index (χ0) is 12.7. The number of hydrogen-bond donors (Lipinski definition) is 0. The summed E-state index contributed by atoms with van der Waals surface area (Å²) in [6, 6.07) is 3.79. The molecular weight excluding hydrogens is 246 g/mol. The van der Waals surface area contributed by atoms with Crippen molar-refractivity contribution in [2.75, 3.05) is 20.1 Å². The molecule has 1 saturated heterocycles. The molecule has 1 aromatic rings. The van der Waals surface area contributed by atoms with Gasteiger partial charge in [0.2, 0.25) is 0 Å². The second-order valence-electron chi connectivity index (χ2n) is 5.28. The van der Waals surface area contributed by atoms with Gasteiger partial charge < -0.3 is 9.47 Å². The standard InChI is InChI=1S/C13H15N3OS/c1-15-5-9-4-10(7-15)12-3-2-11(14-8-18)13(17)16(12)6-9/h2-3,9-10H,4-7H2,1H3/t9-,10+/m0/s1. The second kappa shape index (κ2) is 4.43. The van der Waals surface area contributed by atoms with Gasteiger partial charge in [0, 0.05) is 31.2 Å². The van der Waals surface area contributed by atoms with Crippen molar-refractivity contribution in [1.29, 1.82) is 0 Å². The number of likely N-dealkylation sites (N-methyl/N-ethyl adjacent to an activating group) is 1. The van der Waals surface area contributed by atoms with Crippen LogP contribution in [-0.4, -0.2) is 34.8 Å². The fraction of sp³-hybridized carbons (Fsp3) is 0.538. The predicted octanol–water partition coefficient (Wildman–Crippen LogP) is 1.63. The van der Waals surface area contributed by atoms with E-state index in [1.54, 1.807) is 6.07 Å². The molecular formula is C13H15N3OS. The third-order valence-electron chi connectivity index (χ3n) is 3.93. The summed E-state index contributed by atoms with van der Waals surface area (Å²) in [5.41, 5.74) is 1.53. The minimum absolute atomic E-state index is 0.0240. The van der Waals surface area contributed by atoms with Crippen LogP contribution in [0.3, 0.4) is 0 Å². The summed E-state index contributed by atoms with van der Waals surface area (Å²) in [6.07, 6.45) is 1.19. The van der Waals surface area contributed by atoms with Crippen LogP contribution >= 0.6 is 12.2 Å². The number of pyridine rings is 1. The summed E-state index contributed by atoms with van der Waals surface area (Å²) in [5, 5.41) is 2.28. The number of piperidine rings is 1. The van der Waals surface area contributed by atoms with Crippen molar-refractivity contribution >= 4 is 23.1 Å².